The molecule has 0 radical (unpaired) electrons. The lowest BCUT2D eigenvalue weighted by Gasteiger charge is -2.29. The van der Waals surface area contributed by atoms with Crippen molar-refractivity contribution in [3.8, 4) is 0 Å². The van der Waals surface area contributed by atoms with Gasteiger partial charge in [0, 0.05) is 25.3 Å². The maximum absolute atomic E-state index is 13.1. The number of amides is 1. The third-order valence-corrected chi connectivity index (χ3v) is 5.00. The Hall–Kier alpha value is -3.03. The van der Waals surface area contributed by atoms with Crippen LogP contribution in [-0.4, -0.2) is 35.1 Å². The minimum Gasteiger partial charge on any atom is -0.383 e. The van der Waals surface area contributed by atoms with Crippen LogP contribution in [0.5, 0.6) is 0 Å². The van der Waals surface area contributed by atoms with Gasteiger partial charge >= 0.3 is 5.69 Å². The summed E-state index contributed by atoms with van der Waals surface area (Å²) in [6.45, 7) is 9.14. The lowest BCUT2D eigenvalue weighted by molar-refractivity contribution is -0.117. The molecule has 8 nitrogen and oxygen atoms in total. The van der Waals surface area contributed by atoms with Gasteiger partial charge in [0.2, 0.25) is 5.91 Å². The van der Waals surface area contributed by atoms with Gasteiger partial charge in [-0.3, -0.25) is 19.1 Å². The third kappa shape index (κ3) is 4.88. The van der Waals surface area contributed by atoms with Crippen molar-refractivity contribution in [1.82, 2.24) is 9.55 Å². The molecule has 1 aromatic heterocycles. The molecule has 0 spiro atoms. The fraction of sp³-hybridized carbons (Fsp3) is 0.476. The van der Waals surface area contributed by atoms with Crippen LogP contribution < -0.4 is 26.8 Å². The number of benzene rings is 1. The molecule has 0 bridgehead atoms. The monoisotopic (exact) mass is 401 g/mol. The van der Waals surface area contributed by atoms with Gasteiger partial charge in [-0.25, -0.2) is 4.79 Å². The zero-order valence-corrected chi connectivity index (χ0v) is 17.7. The molecule has 0 unspecified atom stereocenters. The summed E-state index contributed by atoms with van der Waals surface area (Å²) in [4.78, 5) is 43.4. The van der Waals surface area contributed by atoms with Crippen LogP contribution in [0.2, 0.25) is 0 Å². The molecule has 0 aliphatic rings. The van der Waals surface area contributed by atoms with Crippen molar-refractivity contribution in [2.24, 2.45) is 0 Å². The van der Waals surface area contributed by atoms with Crippen molar-refractivity contribution in [1.29, 1.82) is 0 Å². The van der Waals surface area contributed by atoms with E-state index >= 15 is 0 Å². The molecule has 8 heteroatoms. The van der Waals surface area contributed by atoms with E-state index in [1.165, 1.54) is 9.47 Å². The number of aryl methyl sites for hydroxylation is 1. The lowest BCUT2D eigenvalue weighted by atomic mass is 10.2. The highest BCUT2D eigenvalue weighted by Crippen LogP contribution is 2.21. The summed E-state index contributed by atoms with van der Waals surface area (Å²) in [5.74, 6) is -0.225. The molecule has 0 saturated heterocycles. The van der Waals surface area contributed by atoms with Crippen molar-refractivity contribution in [2.45, 2.75) is 47.1 Å². The van der Waals surface area contributed by atoms with Gasteiger partial charge in [0.25, 0.3) is 5.56 Å². The molecule has 0 saturated carbocycles. The van der Waals surface area contributed by atoms with Crippen LogP contribution in [0, 0.1) is 6.92 Å². The normalized spacial score (nSPS) is 10.8. The minimum absolute atomic E-state index is 0.0290. The average Bonchev–Trinajstić information content (AvgIpc) is 2.69. The average molecular weight is 402 g/mol. The number of nitrogens with two attached hydrogens (primary N) is 1. The first kappa shape index (κ1) is 22.3. The number of likely N-dealkylation sites (N-methyl/N-ethyl adjacent to an activating group) is 2. The topological polar surface area (TPSA) is 104 Å². The molecule has 0 aliphatic carbocycles. The lowest BCUT2D eigenvalue weighted by Crippen LogP contribution is -2.45. The molecule has 1 amide bonds. The Morgan fingerprint density at radius 2 is 1.83 bits per heavy atom. The summed E-state index contributed by atoms with van der Waals surface area (Å²) in [6.07, 6.45) is 1.62. The fourth-order valence-electron chi connectivity index (χ4n) is 3.37. The molecule has 0 aliphatic heterocycles. The molecule has 1 heterocycles. The van der Waals surface area contributed by atoms with E-state index in [0.29, 0.717) is 13.1 Å². The van der Waals surface area contributed by atoms with Crippen LogP contribution in [0.15, 0.2) is 33.9 Å². The maximum Gasteiger partial charge on any atom is 0.330 e. The maximum atomic E-state index is 13.1. The summed E-state index contributed by atoms with van der Waals surface area (Å²) in [7, 11) is 0. The van der Waals surface area contributed by atoms with Gasteiger partial charge in [0.1, 0.15) is 5.82 Å². The molecular weight excluding hydrogens is 370 g/mol. The van der Waals surface area contributed by atoms with Crippen LogP contribution in [0.4, 0.5) is 17.2 Å². The smallest absolute Gasteiger partial charge is 0.330 e. The van der Waals surface area contributed by atoms with Crippen LogP contribution in [0.25, 0.3) is 0 Å². The number of H-pyrrole nitrogens is 1. The number of carbonyl (C=O) groups is 1. The zero-order valence-electron chi connectivity index (χ0n) is 17.7. The predicted octanol–water partition coefficient (Wildman–Crippen LogP) is 2.11. The molecule has 2 aromatic rings. The van der Waals surface area contributed by atoms with E-state index in [1.54, 1.807) is 6.92 Å². The first-order valence-corrected chi connectivity index (χ1v) is 10.1. The number of aromatic nitrogens is 2. The summed E-state index contributed by atoms with van der Waals surface area (Å²) in [6, 6.07) is 7.84. The number of rotatable bonds is 9. The van der Waals surface area contributed by atoms with Crippen LogP contribution in [-0.2, 0) is 11.3 Å². The second-order valence-electron chi connectivity index (χ2n) is 6.94. The molecule has 29 heavy (non-hydrogen) atoms. The number of aromatic amines is 1. The summed E-state index contributed by atoms with van der Waals surface area (Å²) in [5, 5.41) is 0. The van der Waals surface area contributed by atoms with Gasteiger partial charge in [0.15, 0.2) is 5.69 Å². The first-order chi connectivity index (χ1) is 13.8. The Bertz CT molecular complexity index is 964. The highest BCUT2D eigenvalue weighted by molar-refractivity contribution is 5.98. The first-order valence-electron chi connectivity index (χ1n) is 10.1. The van der Waals surface area contributed by atoms with E-state index in [9.17, 15) is 14.4 Å². The highest BCUT2D eigenvalue weighted by atomic mass is 16.2. The van der Waals surface area contributed by atoms with Crippen molar-refractivity contribution < 1.29 is 4.79 Å². The highest BCUT2D eigenvalue weighted by Gasteiger charge is 2.24. The molecular formula is C21H31N5O3. The molecule has 2 rings (SSSR count). The standard InChI is InChI=1S/C21H31N5O3/c1-5-8-13-26-19(22)18(20(28)23-21(26)29)25(7-3)17(27)14-24(6-2)16-12-10-9-11-15(16)4/h9-12H,5-8,13-14,22H2,1-4H3,(H,23,28,29). The Morgan fingerprint density at radius 3 is 2.41 bits per heavy atom. The number of nitrogens with zero attached hydrogens (tertiary/aromatic N) is 3. The number of nitrogen functional groups attached to an aromatic ring is 1. The summed E-state index contributed by atoms with van der Waals surface area (Å²) >= 11 is 0. The van der Waals surface area contributed by atoms with Crippen LogP contribution in [0.1, 0.15) is 39.2 Å². The van der Waals surface area contributed by atoms with Crippen LogP contribution in [0.3, 0.4) is 0 Å². The number of anilines is 3. The van der Waals surface area contributed by atoms with Gasteiger partial charge in [-0.2, -0.15) is 0 Å². The summed E-state index contributed by atoms with van der Waals surface area (Å²) < 4.78 is 1.33. The SMILES string of the molecule is CCCCn1c(N)c(N(CC)C(=O)CN(CC)c2ccccc2C)c(=O)[nH]c1=O. The molecule has 0 fully saturated rings. The van der Waals surface area contributed by atoms with E-state index in [2.05, 4.69) is 4.98 Å². The fourth-order valence-corrected chi connectivity index (χ4v) is 3.37. The zero-order chi connectivity index (χ0) is 21.6. The van der Waals surface area contributed by atoms with Gasteiger partial charge in [-0.1, -0.05) is 31.5 Å². The summed E-state index contributed by atoms with van der Waals surface area (Å²) in [5.41, 5.74) is 7.05. The number of nitrogens with one attached hydrogen (secondary N) is 1. The van der Waals surface area contributed by atoms with E-state index in [1.807, 2.05) is 49.9 Å². The van der Waals surface area contributed by atoms with E-state index in [-0.39, 0.29) is 30.5 Å². The van der Waals surface area contributed by atoms with E-state index in [0.717, 1.165) is 24.1 Å². The van der Waals surface area contributed by atoms with E-state index in [4.69, 9.17) is 5.73 Å². The van der Waals surface area contributed by atoms with Crippen molar-refractivity contribution in [3.63, 3.8) is 0 Å². The van der Waals surface area contributed by atoms with Gasteiger partial charge in [-0.15, -0.1) is 0 Å². The van der Waals surface area contributed by atoms with Gasteiger partial charge < -0.3 is 15.5 Å². The van der Waals surface area contributed by atoms with Crippen molar-refractivity contribution in [2.75, 3.05) is 35.2 Å². The second-order valence-corrected chi connectivity index (χ2v) is 6.94. The molecule has 1 aromatic carbocycles. The minimum atomic E-state index is -0.644. The number of unbranched alkanes of at least 4 members (excludes halogenated alkanes) is 1. The Kier molecular flexibility index (Phi) is 7.64. The Balaban J connectivity index is 2.40. The van der Waals surface area contributed by atoms with Gasteiger partial charge in [0.05, 0.1) is 6.54 Å². The quantitative estimate of drug-likeness (QED) is 0.670. The van der Waals surface area contributed by atoms with Crippen LogP contribution >= 0.6 is 0 Å². The van der Waals surface area contributed by atoms with E-state index < -0.39 is 11.2 Å². The predicted molar refractivity (Wildman–Crippen MR) is 118 cm³/mol. The largest absolute Gasteiger partial charge is 0.383 e. The number of hydrogen-bond acceptors (Lipinski definition) is 5. The third-order valence-electron chi connectivity index (χ3n) is 5.00. The second kappa shape index (κ2) is 9.95. The number of hydrogen-bond donors (Lipinski definition) is 2. The molecule has 0 atom stereocenters. The molecule has 158 valence electrons. The number of para-hydroxylation sites is 1. The van der Waals surface area contributed by atoms with Crippen molar-refractivity contribution in [3.05, 3.63) is 50.7 Å². The van der Waals surface area contributed by atoms with Gasteiger partial charge in [-0.05, 0) is 38.8 Å². The number of carbonyl (C=O) groups excluding carboxylic acids is 1. The molecule has 3 N–H and O–H groups in total. The Labute approximate surface area is 170 Å². The Morgan fingerprint density at radius 1 is 1.14 bits per heavy atom. The van der Waals surface area contributed by atoms with Crippen molar-refractivity contribution >= 4 is 23.1 Å².